The van der Waals surface area contributed by atoms with E-state index in [1.54, 1.807) is 27.7 Å². The minimum absolute atomic E-state index is 0.0400. The Bertz CT molecular complexity index is 1150. The van der Waals surface area contributed by atoms with Crippen LogP contribution in [0.1, 0.15) is 53.3 Å². The summed E-state index contributed by atoms with van der Waals surface area (Å²) in [7, 11) is -4.25. The maximum atomic E-state index is 12.8. The minimum Gasteiger partial charge on any atom is -0.478 e. The van der Waals surface area contributed by atoms with Crippen molar-refractivity contribution in [3.63, 3.8) is 0 Å². The van der Waals surface area contributed by atoms with E-state index in [-0.39, 0.29) is 22.4 Å². The number of benzene rings is 2. The molecule has 0 saturated heterocycles. The molecule has 0 fully saturated rings. The normalized spacial score (nSPS) is 11.1. The third-order valence-corrected chi connectivity index (χ3v) is 5.66. The molecule has 2 aromatic carbocycles. The predicted molar refractivity (Wildman–Crippen MR) is 110 cm³/mol. The van der Waals surface area contributed by atoms with E-state index < -0.39 is 40.4 Å². The minimum atomic E-state index is -4.25. The fourth-order valence-electron chi connectivity index (χ4n) is 2.98. The van der Waals surface area contributed by atoms with Crippen LogP contribution in [0.4, 0.5) is 0 Å². The van der Waals surface area contributed by atoms with Crippen LogP contribution in [-0.2, 0) is 14.9 Å². The average molecular weight is 450 g/mol. The van der Waals surface area contributed by atoms with Crippen LogP contribution in [0.2, 0.25) is 0 Å². The van der Waals surface area contributed by atoms with Gasteiger partial charge >= 0.3 is 17.9 Å². The van der Waals surface area contributed by atoms with Crippen LogP contribution in [-0.4, -0.2) is 48.3 Å². The summed E-state index contributed by atoms with van der Waals surface area (Å²) in [6, 6.07) is 5.24. The average Bonchev–Trinajstić information content (AvgIpc) is 2.68. The summed E-state index contributed by atoms with van der Waals surface area (Å²) >= 11 is 0. The van der Waals surface area contributed by atoms with Crippen molar-refractivity contribution < 1.29 is 41.9 Å². The monoisotopic (exact) mass is 450 g/mol. The highest BCUT2D eigenvalue weighted by Gasteiger charge is 2.26. The largest absolute Gasteiger partial charge is 0.478 e. The van der Waals surface area contributed by atoms with Gasteiger partial charge in [-0.3, -0.25) is 4.55 Å². The molecule has 0 saturated carbocycles. The number of carbonyl (C=O) groups is 3. The van der Waals surface area contributed by atoms with Gasteiger partial charge in [0.2, 0.25) is 0 Å². The highest BCUT2D eigenvalue weighted by molar-refractivity contribution is 7.85. The van der Waals surface area contributed by atoms with Gasteiger partial charge in [0.1, 0.15) is 18.1 Å². The first-order valence-electron chi connectivity index (χ1n) is 9.11. The van der Waals surface area contributed by atoms with Gasteiger partial charge in [0.15, 0.2) is 0 Å². The molecule has 2 aromatic rings. The third-order valence-electron chi connectivity index (χ3n) is 4.98. The number of carbonyl (C=O) groups excluding carboxylic acids is 2. The Balaban J connectivity index is 2.22. The first-order chi connectivity index (χ1) is 14.3. The summed E-state index contributed by atoms with van der Waals surface area (Å²) in [6.45, 7) is 6.34. The first kappa shape index (κ1) is 24.0. The summed E-state index contributed by atoms with van der Waals surface area (Å²) in [5, 5.41) is 9.61. The molecular weight excluding hydrogens is 428 g/mol. The lowest BCUT2D eigenvalue weighted by Crippen LogP contribution is -2.19. The van der Waals surface area contributed by atoms with E-state index in [4.69, 9.17) is 14.0 Å². The van der Waals surface area contributed by atoms with Crippen molar-refractivity contribution in [3.8, 4) is 5.75 Å². The Morgan fingerprint density at radius 2 is 1.35 bits per heavy atom. The number of hydrogen-bond acceptors (Lipinski definition) is 7. The Morgan fingerprint density at radius 1 is 0.839 bits per heavy atom. The van der Waals surface area contributed by atoms with Gasteiger partial charge in [-0.05, 0) is 74.2 Å². The van der Waals surface area contributed by atoms with Crippen LogP contribution in [0.15, 0.2) is 24.3 Å². The van der Waals surface area contributed by atoms with E-state index in [1.165, 1.54) is 24.3 Å². The molecule has 2 N–H and O–H groups in total. The van der Waals surface area contributed by atoms with Gasteiger partial charge in [-0.2, -0.15) is 8.42 Å². The Hall–Kier alpha value is -3.24. The molecule has 0 aliphatic heterocycles. The smallest absolute Gasteiger partial charge is 0.344 e. The van der Waals surface area contributed by atoms with Gasteiger partial charge in [0.25, 0.3) is 10.1 Å². The van der Waals surface area contributed by atoms with Crippen molar-refractivity contribution in [1.82, 2.24) is 0 Å². The van der Waals surface area contributed by atoms with E-state index in [0.29, 0.717) is 11.1 Å². The number of hydrogen-bond donors (Lipinski definition) is 2. The highest BCUT2D eigenvalue weighted by Crippen LogP contribution is 2.28. The van der Waals surface area contributed by atoms with Gasteiger partial charge in [0, 0.05) is 0 Å². The Labute approximate surface area is 179 Å². The Kier molecular flexibility index (Phi) is 7.19. The zero-order valence-corrected chi connectivity index (χ0v) is 18.2. The SMILES string of the molecule is Cc1c(C)c(C)c(C(=O)Oc2ccc(C(=O)OCCS(=O)(=O)O)cc2)c(C(=O)O)c1C. The molecule has 0 radical (unpaired) electrons. The zero-order valence-electron chi connectivity index (χ0n) is 17.4. The number of aromatic carboxylic acids is 1. The Morgan fingerprint density at radius 3 is 1.84 bits per heavy atom. The van der Waals surface area contributed by atoms with Crippen LogP contribution in [0.3, 0.4) is 0 Å². The van der Waals surface area contributed by atoms with Crippen molar-refractivity contribution in [1.29, 1.82) is 0 Å². The summed E-state index contributed by atoms with van der Waals surface area (Å²) in [5.74, 6) is -3.56. The molecule has 0 heterocycles. The fourth-order valence-corrected chi connectivity index (χ4v) is 3.27. The van der Waals surface area contributed by atoms with Crippen molar-refractivity contribution in [2.75, 3.05) is 12.4 Å². The lowest BCUT2D eigenvalue weighted by molar-refractivity contribution is 0.0527. The molecule has 0 amide bonds. The van der Waals surface area contributed by atoms with Crippen LogP contribution < -0.4 is 4.74 Å². The molecule has 31 heavy (non-hydrogen) atoms. The lowest BCUT2D eigenvalue weighted by Gasteiger charge is -2.17. The molecular formula is C21H22O9S. The molecule has 0 spiro atoms. The molecule has 0 unspecified atom stereocenters. The molecule has 0 aliphatic rings. The van der Waals surface area contributed by atoms with Crippen molar-refractivity contribution in [2.45, 2.75) is 27.7 Å². The first-order valence-corrected chi connectivity index (χ1v) is 10.7. The van der Waals surface area contributed by atoms with E-state index in [2.05, 4.69) is 0 Å². The van der Waals surface area contributed by atoms with Gasteiger partial charge < -0.3 is 14.6 Å². The van der Waals surface area contributed by atoms with E-state index >= 15 is 0 Å². The van der Waals surface area contributed by atoms with Crippen molar-refractivity contribution >= 4 is 28.0 Å². The number of carboxylic acids is 1. The second-order valence-electron chi connectivity index (χ2n) is 6.89. The van der Waals surface area contributed by atoms with Crippen molar-refractivity contribution in [3.05, 3.63) is 63.2 Å². The lowest BCUT2D eigenvalue weighted by atomic mass is 9.89. The molecule has 166 valence electrons. The fraction of sp³-hybridized carbons (Fsp3) is 0.286. The van der Waals surface area contributed by atoms with Crippen LogP contribution >= 0.6 is 0 Å². The second kappa shape index (κ2) is 9.27. The molecule has 0 bridgehead atoms. The topological polar surface area (TPSA) is 144 Å². The quantitative estimate of drug-likeness (QED) is 0.369. The van der Waals surface area contributed by atoms with Gasteiger partial charge in [-0.15, -0.1) is 0 Å². The summed E-state index contributed by atoms with van der Waals surface area (Å²) in [5.41, 5.74) is 2.46. The third kappa shape index (κ3) is 5.68. The van der Waals surface area contributed by atoms with Gasteiger partial charge in [-0.25, -0.2) is 14.4 Å². The maximum absolute atomic E-state index is 12.8. The predicted octanol–water partition coefficient (Wildman–Crippen LogP) is 2.88. The number of carboxylic acid groups (broad SMARTS) is 1. The second-order valence-corrected chi connectivity index (χ2v) is 8.46. The highest BCUT2D eigenvalue weighted by atomic mass is 32.2. The van der Waals surface area contributed by atoms with E-state index in [0.717, 1.165) is 11.1 Å². The molecule has 10 heteroatoms. The summed E-state index contributed by atoms with van der Waals surface area (Å²) in [6.07, 6.45) is 0. The number of ether oxygens (including phenoxy) is 2. The molecule has 0 atom stereocenters. The standard InChI is InChI=1S/C21H22O9S/c1-11-12(2)14(4)18(17(13(11)3)19(22)23)21(25)30-16-7-5-15(6-8-16)20(24)29-9-10-31(26,27)28/h5-8H,9-10H2,1-4H3,(H,22,23)(H,26,27,28). The number of esters is 2. The van der Waals surface area contributed by atoms with Crippen molar-refractivity contribution in [2.24, 2.45) is 0 Å². The van der Waals surface area contributed by atoms with Gasteiger partial charge in [-0.1, -0.05) is 0 Å². The number of rotatable bonds is 7. The molecule has 0 aliphatic carbocycles. The summed E-state index contributed by atoms with van der Waals surface area (Å²) < 4.78 is 40.0. The summed E-state index contributed by atoms with van der Waals surface area (Å²) in [4.78, 5) is 36.4. The van der Waals surface area contributed by atoms with E-state index in [1.807, 2.05) is 0 Å². The van der Waals surface area contributed by atoms with Crippen LogP contribution in [0, 0.1) is 27.7 Å². The molecule has 2 rings (SSSR count). The molecule has 0 aromatic heterocycles. The van der Waals surface area contributed by atoms with E-state index in [9.17, 15) is 27.9 Å². The van der Waals surface area contributed by atoms with Crippen LogP contribution in [0.5, 0.6) is 5.75 Å². The van der Waals surface area contributed by atoms with Crippen LogP contribution in [0.25, 0.3) is 0 Å². The molecule has 9 nitrogen and oxygen atoms in total. The maximum Gasteiger partial charge on any atom is 0.344 e. The zero-order chi connectivity index (χ0) is 23.5. The van der Waals surface area contributed by atoms with Gasteiger partial charge in [0.05, 0.1) is 16.7 Å².